The third kappa shape index (κ3) is 5.34. The second-order valence-electron chi connectivity index (χ2n) is 7.40. The molecule has 1 N–H and O–H groups in total. The number of likely N-dealkylation sites (tertiary alicyclic amines) is 1. The van der Waals surface area contributed by atoms with Crippen LogP contribution in [-0.4, -0.2) is 60.5 Å². The van der Waals surface area contributed by atoms with Crippen molar-refractivity contribution in [1.82, 2.24) is 20.0 Å². The molecule has 2 heterocycles. The topological polar surface area (TPSA) is 54.7 Å². The number of aliphatic imine (C=N–C) groups is 1. The Balaban J connectivity index is 0.00000288. The first kappa shape index (κ1) is 21.2. The zero-order valence-corrected chi connectivity index (χ0v) is 18.1. The van der Waals surface area contributed by atoms with Crippen molar-refractivity contribution in [3.8, 4) is 0 Å². The average Bonchev–Trinajstić information content (AvgIpc) is 3.11. The van der Waals surface area contributed by atoms with E-state index in [2.05, 4.69) is 47.3 Å². The Bertz CT molecular complexity index is 537. The molecule has 0 bridgehead atoms. The van der Waals surface area contributed by atoms with E-state index in [-0.39, 0.29) is 35.5 Å². The van der Waals surface area contributed by atoms with Crippen molar-refractivity contribution in [3.63, 3.8) is 0 Å². The van der Waals surface area contributed by atoms with E-state index in [1.807, 2.05) is 25.0 Å². The van der Waals surface area contributed by atoms with Crippen molar-refractivity contribution < 1.29 is 4.74 Å². The molecule has 0 radical (unpaired) electrons. The number of nitrogens with one attached hydrogen (secondary N) is 1. The van der Waals surface area contributed by atoms with Crippen LogP contribution in [0.15, 0.2) is 17.4 Å². The number of aromatic nitrogens is 2. The van der Waals surface area contributed by atoms with Gasteiger partial charge < -0.3 is 15.0 Å². The molecule has 0 saturated carbocycles. The van der Waals surface area contributed by atoms with Crippen LogP contribution in [0.3, 0.4) is 0 Å². The first-order chi connectivity index (χ1) is 10.8. The molecule has 1 aliphatic rings. The lowest BCUT2D eigenvalue weighted by Crippen LogP contribution is -2.46. The van der Waals surface area contributed by atoms with E-state index in [1.54, 1.807) is 7.11 Å². The van der Waals surface area contributed by atoms with E-state index in [4.69, 9.17) is 4.74 Å². The van der Waals surface area contributed by atoms with Gasteiger partial charge in [-0.3, -0.25) is 9.67 Å². The number of hydrogen-bond acceptors (Lipinski definition) is 3. The first-order valence-electron chi connectivity index (χ1n) is 8.32. The molecular weight excluding hydrogens is 417 g/mol. The molecule has 2 atom stereocenters. The number of nitrogens with zero attached hydrogens (tertiary/aromatic N) is 4. The van der Waals surface area contributed by atoms with Gasteiger partial charge in [-0.15, -0.1) is 24.0 Å². The van der Waals surface area contributed by atoms with Gasteiger partial charge in [0.15, 0.2) is 5.96 Å². The Hall–Kier alpha value is -0.830. The number of halogens is 1. The van der Waals surface area contributed by atoms with E-state index in [1.165, 1.54) is 5.56 Å². The minimum absolute atomic E-state index is 0. The molecule has 138 valence electrons. The molecule has 1 aromatic heterocycles. The Labute approximate surface area is 163 Å². The van der Waals surface area contributed by atoms with Crippen LogP contribution >= 0.6 is 24.0 Å². The van der Waals surface area contributed by atoms with Gasteiger partial charge in [-0.05, 0) is 17.4 Å². The molecular formula is C17H32IN5O. The van der Waals surface area contributed by atoms with E-state index < -0.39 is 0 Å². The number of guanidine groups is 1. The van der Waals surface area contributed by atoms with Crippen LogP contribution in [0.5, 0.6) is 0 Å². The molecule has 0 amide bonds. The predicted octanol–water partition coefficient (Wildman–Crippen LogP) is 2.46. The van der Waals surface area contributed by atoms with Gasteiger partial charge >= 0.3 is 0 Å². The smallest absolute Gasteiger partial charge is 0.193 e. The lowest BCUT2D eigenvalue weighted by atomic mass is 9.89. The van der Waals surface area contributed by atoms with E-state index >= 15 is 0 Å². The quantitative estimate of drug-likeness (QED) is 0.436. The summed E-state index contributed by atoms with van der Waals surface area (Å²) in [6.07, 6.45) is 5.38. The van der Waals surface area contributed by atoms with Gasteiger partial charge in [0, 0.05) is 53.0 Å². The highest BCUT2D eigenvalue weighted by molar-refractivity contribution is 14.0. The van der Waals surface area contributed by atoms with Crippen LogP contribution < -0.4 is 5.32 Å². The summed E-state index contributed by atoms with van der Waals surface area (Å²) in [4.78, 5) is 6.77. The molecule has 0 aliphatic carbocycles. The van der Waals surface area contributed by atoms with E-state index in [0.29, 0.717) is 5.92 Å². The van der Waals surface area contributed by atoms with Crippen molar-refractivity contribution in [2.75, 3.05) is 33.8 Å². The maximum atomic E-state index is 5.62. The van der Waals surface area contributed by atoms with Crippen LogP contribution in [-0.2, 0) is 11.8 Å². The second kappa shape index (κ2) is 9.03. The lowest BCUT2D eigenvalue weighted by Gasteiger charge is -2.31. The fourth-order valence-electron chi connectivity index (χ4n) is 3.14. The van der Waals surface area contributed by atoms with Gasteiger partial charge in [-0.2, -0.15) is 5.10 Å². The molecule has 1 saturated heterocycles. The highest BCUT2D eigenvalue weighted by Gasteiger charge is 2.29. The highest BCUT2D eigenvalue weighted by Crippen LogP contribution is 2.27. The fraction of sp³-hybridized carbons (Fsp3) is 0.765. The summed E-state index contributed by atoms with van der Waals surface area (Å²) in [5.74, 6) is 1.49. The summed E-state index contributed by atoms with van der Waals surface area (Å²) in [5, 5.41) is 7.76. The number of methoxy groups -OCH3 is 1. The van der Waals surface area contributed by atoms with Crippen molar-refractivity contribution >= 4 is 29.9 Å². The monoisotopic (exact) mass is 449 g/mol. The Morgan fingerprint density at radius 1 is 1.50 bits per heavy atom. The SMILES string of the molecule is CN=C(NCC(OC)C(C)(C)C)N1CCC(c2cnn(C)c2)C1.I. The van der Waals surface area contributed by atoms with Crippen LogP contribution in [0.4, 0.5) is 0 Å². The summed E-state index contributed by atoms with van der Waals surface area (Å²) in [6, 6.07) is 0. The van der Waals surface area contributed by atoms with E-state index in [0.717, 1.165) is 32.0 Å². The number of hydrogen-bond donors (Lipinski definition) is 1. The Kier molecular flexibility index (Phi) is 7.98. The average molecular weight is 449 g/mol. The molecule has 1 aromatic rings. The summed E-state index contributed by atoms with van der Waals surface area (Å²) in [6.45, 7) is 9.35. The number of rotatable bonds is 4. The van der Waals surface area contributed by atoms with Gasteiger partial charge in [-0.1, -0.05) is 20.8 Å². The normalized spacial score (nSPS) is 20.0. The van der Waals surface area contributed by atoms with Crippen molar-refractivity contribution in [2.24, 2.45) is 17.5 Å². The second-order valence-corrected chi connectivity index (χ2v) is 7.40. The molecule has 1 fully saturated rings. The van der Waals surface area contributed by atoms with Crippen LogP contribution in [0.25, 0.3) is 0 Å². The van der Waals surface area contributed by atoms with Crippen LogP contribution in [0.2, 0.25) is 0 Å². The summed E-state index contributed by atoms with van der Waals surface area (Å²) < 4.78 is 7.49. The third-order valence-electron chi connectivity index (χ3n) is 4.59. The Morgan fingerprint density at radius 2 is 2.21 bits per heavy atom. The number of ether oxygens (including phenoxy) is 1. The molecule has 7 heteroatoms. The first-order valence-corrected chi connectivity index (χ1v) is 8.32. The zero-order valence-electron chi connectivity index (χ0n) is 15.7. The molecule has 2 rings (SSSR count). The van der Waals surface area contributed by atoms with Gasteiger partial charge in [0.25, 0.3) is 0 Å². The summed E-state index contributed by atoms with van der Waals surface area (Å²) in [7, 11) is 5.58. The largest absolute Gasteiger partial charge is 0.379 e. The maximum absolute atomic E-state index is 5.62. The fourth-order valence-corrected chi connectivity index (χ4v) is 3.14. The van der Waals surface area contributed by atoms with Gasteiger partial charge in [0.1, 0.15) is 0 Å². The van der Waals surface area contributed by atoms with Crippen LogP contribution in [0.1, 0.15) is 38.7 Å². The summed E-state index contributed by atoms with van der Waals surface area (Å²) in [5.41, 5.74) is 1.42. The molecule has 0 aromatic carbocycles. The maximum Gasteiger partial charge on any atom is 0.193 e. The molecule has 24 heavy (non-hydrogen) atoms. The molecule has 2 unspecified atom stereocenters. The lowest BCUT2D eigenvalue weighted by molar-refractivity contribution is 0.0202. The van der Waals surface area contributed by atoms with Crippen molar-refractivity contribution in [3.05, 3.63) is 18.0 Å². The third-order valence-corrected chi connectivity index (χ3v) is 4.59. The molecule has 0 spiro atoms. The predicted molar refractivity (Wildman–Crippen MR) is 109 cm³/mol. The van der Waals surface area contributed by atoms with Gasteiger partial charge in [-0.25, -0.2) is 0 Å². The minimum Gasteiger partial charge on any atom is -0.379 e. The van der Waals surface area contributed by atoms with Gasteiger partial charge in [0.05, 0.1) is 12.3 Å². The van der Waals surface area contributed by atoms with Gasteiger partial charge in [0.2, 0.25) is 0 Å². The number of aryl methyl sites for hydroxylation is 1. The minimum atomic E-state index is 0. The van der Waals surface area contributed by atoms with Crippen molar-refractivity contribution in [1.29, 1.82) is 0 Å². The highest BCUT2D eigenvalue weighted by atomic mass is 127. The van der Waals surface area contributed by atoms with Crippen LogP contribution in [0, 0.1) is 5.41 Å². The zero-order chi connectivity index (χ0) is 17.0. The Morgan fingerprint density at radius 3 is 2.71 bits per heavy atom. The van der Waals surface area contributed by atoms with E-state index in [9.17, 15) is 0 Å². The molecule has 1 aliphatic heterocycles. The standard InChI is InChI=1S/C17H31N5O.HI/c1-17(2,3)15(23-6)10-19-16(18-4)22-8-7-13(12-22)14-9-20-21(5)11-14;/h9,11,13,15H,7-8,10,12H2,1-6H3,(H,18,19);1H. The van der Waals surface area contributed by atoms with Crippen molar-refractivity contribution in [2.45, 2.75) is 39.2 Å². The summed E-state index contributed by atoms with van der Waals surface area (Å²) >= 11 is 0. The molecule has 6 nitrogen and oxygen atoms in total.